The molecule has 1 amide bonds. The molecule has 0 aliphatic carbocycles. The van der Waals surface area contributed by atoms with E-state index in [9.17, 15) is 4.79 Å². The minimum Gasteiger partial charge on any atom is -0.324 e. The van der Waals surface area contributed by atoms with Crippen LogP contribution in [0.25, 0.3) is 0 Å². The van der Waals surface area contributed by atoms with Gasteiger partial charge in [-0.05, 0) is 18.6 Å². The highest BCUT2D eigenvalue weighted by molar-refractivity contribution is 5.93. The first-order valence-corrected chi connectivity index (χ1v) is 4.30. The number of hydroxylamine groups is 1. The first-order valence-electron chi connectivity index (χ1n) is 4.30. The van der Waals surface area contributed by atoms with E-state index in [-0.39, 0.29) is 0 Å². The summed E-state index contributed by atoms with van der Waals surface area (Å²) in [5, 5.41) is 8.47. The van der Waals surface area contributed by atoms with Gasteiger partial charge in [-0.2, -0.15) is 0 Å². The Kier molecular flexibility index (Phi) is 2.20. The maximum absolute atomic E-state index is 11.1. The zero-order chi connectivity index (χ0) is 9.97. The number of hydrogen-bond donors (Lipinski definition) is 2. The molecule has 2 heterocycles. The molecular weight excluding hydrogens is 180 g/mol. The Morgan fingerprint density at radius 3 is 3.14 bits per heavy atom. The van der Waals surface area contributed by atoms with Crippen LogP contribution in [0.15, 0.2) is 48.0 Å². The number of allylic oxidation sites excluding steroid dienone is 4. The third-order valence-corrected chi connectivity index (χ3v) is 2.14. The van der Waals surface area contributed by atoms with Gasteiger partial charge in [0.1, 0.15) is 0 Å². The van der Waals surface area contributed by atoms with Gasteiger partial charge < -0.3 is 4.90 Å². The highest BCUT2D eigenvalue weighted by Crippen LogP contribution is 2.21. The topological polar surface area (TPSA) is 52.6 Å². The summed E-state index contributed by atoms with van der Waals surface area (Å²) in [5.74, 6) is -0.455. The SMILES string of the molecule is O=C(NO)C1=CN2C=CC=CC2=CC1. The lowest BCUT2D eigenvalue weighted by Crippen LogP contribution is -2.25. The summed E-state index contributed by atoms with van der Waals surface area (Å²) < 4.78 is 0. The Labute approximate surface area is 81.5 Å². The fourth-order valence-corrected chi connectivity index (χ4v) is 1.42. The molecule has 0 radical (unpaired) electrons. The molecule has 0 bridgehead atoms. The molecule has 0 saturated heterocycles. The van der Waals surface area contributed by atoms with Crippen molar-refractivity contribution in [3.8, 4) is 0 Å². The molecule has 0 saturated carbocycles. The second-order valence-electron chi connectivity index (χ2n) is 3.04. The molecule has 2 aliphatic rings. The summed E-state index contributed by atoms with van der Waals surface area (Å²) in [7, 11) is 0. The van der Waals surface area contributed by atoms with Gasteiger partial charge in [-0.3, -0.25) is 10.0 Å². The van der Waals surface area contributed by atoms with Crippen molar-refractivity contribution in [2.45, 2.75) is 6.42 Å². The second-order valence-corrected chi connectivity index (χ2v) is 3.04. The van der Waals surface area contributed by atoms with E-state index in [0.29, 0.717) is 12.0 Å². The number of carbonyl (C=O) groups is 1. The molecule has 0 unspecified atom stereocenters. The first kappa shape index (κ1) is 8.77. The number of carbonyl (C=O) groups excluding carboxylic acids is 1. The molecule has 0 fully saturated rings. The lowest BCUT2D eigenvalue weighted by atomic mass is 10.1. The standard InChI is InChI=1S/C10H10N2O2/c13-10(11-14)8-4-5-9-3-1-2-6-12(9)7-8/h1-3,5-7,14H,4H2,(H,11,13). The molecule has 4 heteroatoms. The van der Waals surface area contributed by atoms with Crippen LogP contribution in [0, 0.1) is 0 Å². The van der Waals surface area contributed by atoms with E-state index in [1.807, 2.05) is 35.4 Å². The summed E-state index contributed by atoms with van der Waals surface area (Å²) in [6, 6.07) is 0. The smallest absolute Gasteiger partial charge is 0.272 e. The van der Waals surface area contributed by atoms with Crippen molar-refractivity contribution in [3.63, 3.8) is 0 Å². The van der Waals surface area contributed by atoms with Crippen molar-refractivity contribution in [2.24, 2.45) is 0 Å². The van der Waals surface area contributed by atoms with Crippen molar-refractivity contribution in [3.05, 3.63) is 48.0 Å². The van der Waals surface area contributed by atoms with Crippen LogP contribution in [0.1, 0.15) is 6.42 Å². The highest BCUT2D eigenvalue weighted by Gasteiger charge is 2.15. The predicted octanol–water partition coefficient (Wildman–Crippen LogP) is 1.05. The van der Waals surface area contributed by atoms with E-state index < -0.39 is 5.91 Å². The molecule has 72 valence electrons. The van der Waals surface area contributed by atoms with Gasteiger partial charge in [0, 0.05) is 23.7 Å². The lowest BCUT2D eigenvalue weighted by Gasteiger charge is -2.24. The number of fused-ring (bicyclic) bond motifs is 1. The van der Waals surface area contributed by atoms with Gasteiger partial charge in [-0.1, -0.05) is 12.2 Å². The van der Waals surface area contributed by atoms with Crippen LogP contribution in [-0.2, 0) is 4.79 Å². The Hall–Kier alpha value is -1.81. The van der Waals surface area contributed by atoms with E-state index in [0.717, 1.165) is 5.70 Å². The Morgan fingerprint density at radius 1 is 1.50 bits per heavy atom. The number of nitrogens with zero attached hydrogens (tertiary/aromatic N) is 1. The Balaban J connectivity index is 2.21. The van der Waals surface area contributed by atoms with Crippen LogP contribution in [0.3, 0.4) is 0 Å². The molecule has 2 aliphatic heterocycles. The fourth-order valence-electron chi connectivity index (χ4n) is 1.42. The monoisotopic (exact) mass is 190 g/mol. The third kappa shape index (κ3) is 1.47. The van der Waals surface area contributed by atoms with Crippen molar-refractivity contribution in [1.82, 2.24) is 10.4 Å². The number of nitrogens with one attached hydrogen (secondary N) is 1. The molecule has 14 heavy (non-hydrogen) atoms. The predicted molar refractivity (Wildman–Crippen MR) is 50.8 cm³/mol. The van der Waals surface area contributed by atoms with Crippen LogP contribution < -0.4 is 5.48 Å². The van der Waals surface area contributed by atoms with Gasteiger partial charge in [0.25, 0.3) is 5.91 Å². The number of amides is 1. The maximum Gasteiger partial charge on any atom is 0.272 e. The molecule has 0 spiro atoms. The summed E-state index contributed by atoms with van der Waals surface area (Å²) >= 11 is 0. The van der Waals surface area contributed by atoms with Crippen LogP contribution >= 0.6 is 0 Å². The van der Waals surface area contributed by atoms with Crippen molar-refractivity contribution in [2.75, 3.05) is 0 Å². The van der Waals surface area contributed by atoms with Gasteiger partial charge in [0.05, 0.1) is 0 Å². The maximum atomic E-state index is 11.1. The number of hydrogen-bond acceptors (Lipinski definition) is 3. The van der Waals surface area contributed by atoms with Crippen LogP contribution in [0.5, 0.6) is 0 Å². The summed E-state index contributed by atoms with van der Waals surface area (Å²) in [6.45, 7) is 0. The van der Waals surface area contributed by atoms with E-state index in [2.05, 4.69) is 0 Å². The van der Waals surface area contributed by atoms with E-state index >= 15 is 0 Å². The van der Waals surface area contributed by atoms with Crippen molar-refractivity contribution < 1.29 is 10.0 Å². The average Bonchev–Trinajstić information content (AvgIpc) is 2.27. The number of rotatable bonds is 1. The summed E-state index contributed by atoms with van der Waals surface area (Å²) in [4.78, 5) is 13.0. The van der Waals surface area contributed by atoms with Gasteiger partial charge in [-0.15, -0.1) is 0 Å². The largest absolute Gasteiger partial charge is 0.324 e. The van der Waals surface area contributed by atoms with Crippen molar-refractivity contribution >= 4 is 5.91 Å². The summed E-state index contributed by atoms with van der Waals surface area (Å²) in [5.41, 5.74) is 3.21. The Morgan fingerprint density at radius 2 is 2.36 bits per heavy atom. The van der Waals surface area contributed by atoms with E-state index in [1.54, 1.807) is 11.7 Å². The van der Waals surface area contributed by atoms with Gasteiger partial charge in [0.15, 0.2) is 0 Å². The second kappa shape index (κ2) is 3.51. The zero-order valence-electron chi connectivity index (χ0n) is 7.47. The molecule has 2 N–H and O–H groups in total. The lowest BCUT2D eigenvalue weighted by molar-refractivity contribution is -0.125. The quantitative estimate of drug-likeness (QED) is 0.480. The minimum atomic E-state index is -0.455. The van der Waals surface area contributed by atoms with Crippen LogP contribution in [0.4, 0.5) is 0 Å². The minimum absolute atomic E-state index is 0.455. The first-order chi connectivity index (χ1) is 6.81. The normalized spacial score (nSPS) is 18.5. The highest BCUT2D eigenvalue weighted by atomic mass is 16.5. The zero-order valence-corrected chi connectivity index (χ0v) is 7.47. The molecule has 0 aromatic heterocycles. The molecule has 0 aromatic rings. The van der Waals surface area contributed by atoms with Crippen LogP contribution in [-0.4, -0.2) is 16.0 Å². The van der Waals surface area contributed by atoms with Crippen LogP contribution in [0.2, 0.25) is 0 Å². The average molecular weight is 190 g/mol. The molecular formula is C10H10N2O2. The molecule has 0 atom stereocenters. The van der Waals surface area contributed by atoms with Gasteiger partial charge in [0.2, 0.25) is 0 Å². The molecule has 4 nitrogen and oxygen atoms in total. The van der Waals surface area contributed by atoms with Gasteiger partial charge >= 0.3 is 0 Å². The Bertz CT molecular complexity index is 378. The molecule has 2 rings (SSSR count). The van der Waals surface area contributed by atoms with E-state index in [1.165, 1.54) is 0 Å². The third-order valence-electron chi connectivity index (χ3n) is 2.14. The van der Waals surface area contributed by atoms with Gasteiger partial charge in [-0.25, -0.2) is 5.48 Å². The van der Waals surface area contributed by atoms with Crippen molar-refractivity contribution in [1.29, 1.82) is 0 Å². The molecule has 0 aromatic carbocycles. The summed E-state index contributed by atoms with van der Waals surface area (Å²) in [6.07, 6.45) is 11.8. The fraction of sp³-hybridized carbons (Fsp3) is 0.100. The van der Waals surface area contributed by atoms with E-state index in [4.69, 9.17) is 5.21 Å².